The number of nitrogens with two attached hydrogens (primary N) is 1. The standard InChI is InChI=1S/C13H20N4O3/c1-3-20-13(18)17-8-6-16(7-9-17)12-10(14)4-5-11(15-12)19-2/h4-5H,3,6-9,14H2,1-2H3. The van der Waals surface area contributed by atoms with Crippen molar-refractivity contribution in [3.63, 3.8) is 0 Å². The molecule has 1 saturated heterocycles. The van der Waals surface area contributed by atoms with E-state index in [1.54, 1.807) is 31.1 Å². The molecular weight excluding hydrogens is 260 g/mol. The molecule has 1 amide bonds. The van der Waals surface area contributed by atoms with Crippen LogP contribution in [0.5, 0.6) is 5.88 Å². The topological polar surface area (TPSA) is 80.9 Å². The third-order valence-corrected chi connectivity index (χ3v) is 3.19. The average Bonchev–Trinajstić information content (AvgIpc) is 2.48. The Morgan fingerprint density at radius 1 is 1.35 bits per heavy atom. The van der Waals surface area contributed by atoms with Crippen LogP contribution in [0.1, 0.15) is 6.92 Å². The number of anilines is 2. The van der Waals surface area contributed by atoms with Crippen molar-refractivity contribution in [2.45, 2.75) is 6.92 Å². The molecule has 2 rings (SSSR count). The molecule has 1 aromatic rings. The summed E-state index contributed by atoms with van der Waals surface area (Å²) in [6, 6.07) is 3.51. The summed E-state index contributed by atoms with van der Waals surface area (Å²) >= 11 is 0. The van der Waals surface area contributed by atoms with Crippen LogP contribution in [-0.2, 0) is 4.74 Å². The Morgan fingerprint density at radius 3 is 2.65 bits per heavy atom. The number of piperazine rings is 1. The van der Waals surface area contributed by atoms with Crippen LogP contribution in [0.4, 0.5) is 16.3 Å². The largest absolute Gasteiger partial charge is 0.481 e. The Morgan fingerprint density at radius 2 is 2.05 bits per heavy atom. The van der Waals surface area contributed by atoms with Crippen LogP contribution in [0.25, 0.3) is 0 Å². The number of carbonyl (C=O) groups excluding carboxylic acids is 1. The quantitative estimate of drug-likeness (QED) is 0.888. The van der Waals surface area contributed by atoms with Crippen LogP contribution in [-0.4, -0.2) is 55.9 Å². The van der Waals surface area contributed by atoms with Gasteiger partial charge in [-0.15, -0.1) is 0 Å². The fraction of sp³-hybridized carbons (Fsp3) is 0.538. The van der Waals surface area contributed by atoms with Gasteiger partial charge in [0.25, 0.3) is 0 Å². The van der Waals surface area contributed by atoms with Crippen LogP contribution >= 0.6 is 0 Å². The fourth-order valence-corrected chi connectivity index (χ4v) is 2.12. The minimum Gasteiger partial charge on any atom is -0.481 e. The van der Waals surface area contributed by atoms with Gasteiger partial charge in [0.05, 0.1) is 19.4 Å². The number of methoxy groups -OCH3 is 1. The summed E-state index contributed by atoms with van der Waals surface area (Å²) in [6.45, 7) is 4.72. The van der Waals surface area contributed by atoms with Crippen molar-refractivity contribution in [2.24, 2.45) is 0 Å². The van der Waals surface area contributed by atoms with Crippen molar-refractivity contribution in [1.82, 2.24) is 9.88 Å². The molecule has 0 radical (unpaired) electrons. The minimum absolute atomic E-state index is 0.265. The Bertz CT molecular complexity index is 473. The molecule has 0 aliphatic carbocycles. The molecule has 2 heterocycles. The first kappa shape index (κ1) is 14.2. The van der Waals surface area contributed by atoms with Crippen molar-refractivity contribution in [3.8, 4) is 5.88 Å². The lowest BCUT2D eigenvalue weighted by atomic mass is 10.3. The highest BCUT2D eigenvalue weighted by Crippen LogP contribution is 2.24. The summed E-state index contributed by atoms with van der Waals surface area (Å²) in [5, 5.41) is 0. The Kier molecular flexibility index (Phi) is 4.49. The van der Waals surface area contributed by atoms with Gasteiger partial charge in [0.1, 0.15) is 0 Å². The van der Waals surface area contributed by atoms with Gasteiger partial charge in [0, 0.05) is 32.2 Å². The first-order valence-corrected chi connectivity index (χ1v) is 6.63. The number of nitrogens with zero attached hydrogens (tertiary/aromatic N) is 3. The molecule has 0 aromatic carbocycles. The van der Waals surface area contributed by atoms with Gasteiger partial charge in [-0.05, 0) is 13.0 Å². The molecule has 0 bridgehead atoms. The van der Waals surface area contributed by atoms with Crippen LogP contribution in [0, 0.1) is 0 Å². The fourth-order valence-electron chi connectivity index (χ4n) is 2.12. The number of rotatable bonds is 3. The highest BCUT2D eigenvalue weighted by atomic mass is 16.6. The van der Waals surface area contributed by atoms with E-state index in [0.717, 1.165) is 0 Å². The van der Waals surface area contributed by atoms with E-state index >= 15 is 0 Å². The van der Waals surface area contributed by atoms with E-state index in [1.807, 2.05) is 4.90 Å². The van der Waals surface area contributed by atoms with E-state index in [-0.39, 0.29) is 6.09 Å². The van der Waals surface area contributed by atoms with Crippen LogP contribution in [0.15, 0.2) is 12.1 Å². The average molecular weight is 280 g/mol. The predicted molar refractivity (Wildman–Crippen MR) is 76.0 cm³/mol. The lowest BCUT2D eigenvalue weighted by Crippen LogP contribution is -2.49. The van der Waals surface area contributed by atoms with E-state index in [1.165, 1.54) is 0 Å². The maximum atomic E-state index is 11.6. The van der Waals surface area contributed by atoms with Crippen molar-refractivity contribution < 1.29 is 14.3 Å². The van der Waals surface area contributed by atoms with E-state index in [4.69, 9.17) is 15.2 Å². The zero-order valence-electron chi connectivity index (χ0n) is 11.8. The summed E-state index contributed by atoms with van der Waals surface area (Å²) in [5.74, 6) is 1.23. The molecule has 7 nitrogen and oxygen atoms in total. The molecule has 0 saturated carbocycles. The Balaban J connectivity index is 2.02. The third kappa shape index (κ3) is 3.04. The van der Waals surface area contributed by atoms with E-state index in [9.17, 15) is 4.79 Å². The zero-order chi connectivity index (χ0) is 14.5. The van der Waals surface area contributed by atoms with Crippen molar-refractivity contribution in [1.29, 1.82) is 0 Å². The Hall–Kier alpha value is -2.18. The SMILES string of the molecule is CCOC(=O)N1CCN(c2nc(OC)ccc2N)CC1. The van der Waals surface area contributed by atoms with Gasteiger partial charge >= 0.3 is 6.09 Å². The molecule has 20 heavy (non-hydrogen) atoms. The van der Waals surface area contributed by atoms with Gasteiger partial charge in [-0.3, -0.25) is 0 Å². The van der Waals surface area contributed by atoms with Crippen molar-refractivity contribution in [2.75, 3.05) is 50.5 Å². The van der Waals surface area contributed by atoms with Crippen LogP contribution in [0.2, 0.25) is 0 Å². The normalized spacial score (nSPS) is 15.1. The number of hydrogen-bond acceptors (Lipinski definition) is 6. The second-order valence-corrected chi connectivity index (χ2v) is 4.44. The third-order valence-electron chi connectivity index (χ3n) is 3.19. The molecule has 0 unspecified atom stereocenters. The number of ether oxygens (including phenoxy) is 2. The zero-order valence-corrected chi connectivity index (χ0v) is 11.8. The summed E-state index contributed by atoms with van der Waals surface area (Å²) in [4.78, 5) is 19.7. The lowest BCUT2D eigenvalue weighted by Gasteiger charge is -2.35. The second kappa shape index (κ2) is 6.31. The number of aromatic nitrogens is 1. The van der Waals surface area contributed by atoms with Gasteiger partial charge in [-0.2, -0.15) is 4.98 Å². The van der Waals surface area contributed by atoms with Gasteiger partial charge in [0.2, 0.25) is 5.88 Å². The second-order valence-electron chi connectivity index (χ2n) is 4.44. The number of hydrogen-bond donors (Lipinski definition) is 1. The lowest BCUT2D eigenvalue weighted by molar-refractivity contribution is 0.105. The summed E-state index contributed by atoms with van der Waals surface area (Å²) in [5.41, 5.74) is 6.56. The summed E-state index contributed by atoms with van der Waals surface area (Å²) in [7, 11) is 1.57. The minimum atomic E-state index is -0.265. The number of pyridine rings is 1. The van der Waals surface area contributed by atoms with Crippen molar-refractivity contribution in [3.05, 3.63) is 12.1 Å². The molecule has 1 fully saturated rings. The highest BCUT2D eigenvalue weighted by molar-refractivity contribution is 5.69. The van der Waals surface area contributed by atoms with E-state index in [0.29, 0.717) is 50.2 Å². The maximum absolute atomic E-state index is 11.6. The van der Waals surface area contributed by atoms with E-state index < -0.39 is 0 Å². The number of carbonyl (C=O) groups is 1. The number of amides is 1. The first-order chi connectivity index (χ1) is 9.65. The monoisotopic (exact) mass is 280 g/mol. The molecule has 2 N–H and O–H groups in total. The molecule has 7 heteroatoms. The van der Waals surface area contributed by atoms with Gasteiger partial charge in [-0.25, -0.2) is 4.79 Å². The maximum Gasteiger partial charge on any atom is 0.409 e. The molecule has 1 aromatic heterocycles. The molecular formula is C13H20N4O3. The predicted octanol–water partition coefficient (Wildman–Crippen LogP) is 0.951. The molecule has 0 atom stereocenters. The van der Waals surface area contributed by atoms with E-state index in [2.05, 4.69) is 4.98 Å². The Labute approximate surface area is 118 Å². The smallest absolute Gasteiger partial charge is 0.409 e. The molecule has 0 spiro atoms. The molecule has 1 aliphatic rings. The first-order valence-electron chi connectivity index (χ1n) is 6.63. The number of nitrogen functional groups attached to an aromatic ring is 1. The van der Waals surface area contributed by atoms with Crippen LogP contribution < -0.4 is 15.4 Å². The summed E-state index contributed by atoms with van der Waals surface area (Å²) in [6.07, 6.45) is -0.265. The van der Waals surface area contributed by atoms with Gasteiger partial charge in [-0.1, -0.05) is 0 Å². The molecule has 1 aliphatic heterocycles. The van der Waals surface area contributed by atoms with Crippen molar-refractivity contribution >= 4 is 17.6 Å². The molecule has 110 valence electrons. The highest BCUT2D eigenvalue weighted by Gasteiger charge is 2.23. The van der Waals surface area contributed by atoms with Gasteiger partial charge in [0.15, 0.2) is 5.82 Å². The summed E-state index contributed by atoms with van der Waals surface area (Å²) < 4.78 is 10.1. The van der Waals surface area contributed by atoms with Crippen LogP contribution in [0.3, 0.4) is 0 Å². The van der Waals surface area contributed by atoms with Gasteiger partial charge < -0.3 is 25.0 Å².